The number of H-pyrrole nitrogens is 1. The lowest BCUT2D eigenvalue weighted by atomic mass is 10.6. The van der Waals surface area contributed by atoms with Gasteiger partial charge in [0.05, 0.1) is 7.11 Å². The molecule has 4 heteroatoms. The van der Waals surface area contributed by atoms with E-state index in [9.17, 15) is 0 Å². The number of methoxy groups -OCH3 is 1. The summed E-state index contributed by atoms with van der Waals surface area (Å²) in [6, 6.07) is 1.78. The quantitative estimate of drug-likeness (QED) is 0.606. The fraction of sp³-hybridized carbons (Fsp3) is 0.400. The Morgan fingerprint density at radius 2 is 2.56 bits per heavy atom. The Balaban J connectivity index is 2.74. The van der Waals surface area contributed by atoms with E-state index in [4.69, 9.17) is 4.74 Å². The molecule has 0 bridgehead atoms. The Hall–Kier alpha value is -1.19. The highest BCUT2D eigenvalue weighted by Gasteiger charge is 1.94. The van der Waals surface area contributed by atoms with Crippen LogP contribution in [0.4, 0.5) is 5.82 Å². The zero-order chi connectivity index (χ0) is 6.69. The fourth-order valence-electron chi connectivity index (χ4n) is 0.537. The van der Waals surface area contributed by atoms with Crippen LogP contribution in [0.25, 0.3) is 0 Å². The Bertz CT molecular complexity index is 166. The molecule has 0 aliphatic heterocycles. The molecule has 0 atom stereocenters. The number of nitrogens with one attached hydrogen (secondary N) is 2. The van der Waals surface area contributed by atoms with E-state index >= 15 is 0 Å². The Morgan fingerprint density at radius 3 is 2.89 bits per heavy atom. The van der Waals surface area contributed by atoms with Crippen LogP contribution in [-0.4, -0.2) is 24.4 Å². The minimum absolute atomic E-state index is 0.666. The SMILES string of the molecule is CNc1cc(OC)[nH]n1. The third-order valence-electron chi connectivity index (χ3n) is 1.03. The van der Waals surface area contributed by atoms with Crippen molar-refractivity contribution in [2.75, 3.05) is 19.5 Å². The Labute approximate surface area is 53.2 Å². The molecule has 0 aliphatic carbocycles. The predicted molar refractivity (Wildman–Crippen MR) is 34.7 cm³/mol. The standard InChI is InChI=1S/C5H9N3O/c1-6-4-3-5(9-2)8-7-4/h3H,1-2H3,(H2,6,7,8). The monoisotopic (exact) mass is 127 g/mol. The molecule has 9 heavy (non-hydrogen) atoms. The molecule has 0 aliphatic rings. The highest BCUT2D eigenvalue weighted by atomic mass is 16.5. The first-order chi connectivity index (χ1) is 4.36. The molecular weight excluding hydrogens is 118 g/mol. The van der Waals surface area contributed by atoms with Crippen molar-refractivity contribution in [2.45, 2.75) is 0 Å². The minimum atomic E-state index is 0.666. The van der Waals surface area contributed by atoms with Crippen LogP contribution in [0.2, 0.25) is 0 Å². The third-order valence-corrected chi connectivity index (χ3v) is 1.03. The van der Waals surface area contributed by atoms with E-state index in [1.54, 1.807) is 20.2 Å². The second-order valence-corrected chi connectivity index (χ2v) is 1.57. The van der Waals surface area contributed by atoms with Gasteiger partial charge < -0.3 is 10.1 Å². The topological polar surface area (TPSA) is 49.9 Å². The summed E-state index contributed by atoms with van der Waals surface area (Å²) in [7, 11) is 3.39. The van der Waals surface area contributed by atoms with Gasteiger partial charge in [-0.3, -0.25) is 0 Å². The number of aromatic nitrogens is 2. The van der Waals surface area contributed by atoms with Gasteiger partial charge in [0.2, 0.25) is 5.88 Å². The van der Waals surface area contributed by atoms with Gasteiger partial charge in [-0.25, -0.2) is 5.10 Å². The molecule has 1 heterocycles. The van der Waals surface area contributed by atoms with Crippen molar-refractivity contribution in [3.05, 3.63) is 6.07 Å². The molecule has 4 nitrogen and oxygen atoms in total. The van der Waals surface area contributed by atoms with Gasteiger partial charge in [-0.1, -0.05) is 0 Å². The van der Waals surface area contributed by atoms with Crippen molar-refractivity contribution in [2.24, 2.45) is 0 Å². The number of hydrogen-bond donors (Lipinski definition) is 2. The van der Waals surface area contributed by atoms with E-state index in [0.29, 0.717) is 5.88 Å². The van der Waals surface area contributed by atoms with Gasteiger partial charge in [0, 0.05) is 13.1 Å². The Kier molecular flexibility index (Phi) is 1.58. The van der Waals surface area contributed by atoms with Crippen LogP contribution >= 0.6 is 0 Å². The molecule has 1 aromatic rings. The van der Waals surface area contributed by atoms with Gasteiger partial charge in [0.25, 0.3) is 0 Å². The van der Waals surface area contributed by atoms with E-state index < -0.39 is 0 Å². The molecule has 2 N–H and O–H groups in total. The van der Waals surface area contributed by atoms with Gasteiger partial charge in [0.1, 0.15) is 0 Å². The molecule has 0 unspecified atom stereocenters. The maximum absolute atomic E-state index is 4.84. The number of anilines is 1. The third kappa shape index (κ3) is 1.13. The number of rotatable bonds is 2. The van der Waals surface area contributed by atoms with E-state index in [2.05, 4.69) is 15.5 Å². The lowest BCUT2D eigenvalue weighted by Crippen LogP contribution is -1.85. The van der Waals surface area contributed by atoms with Crippen LogP contribution in [0, 0.1) is 0 Å². The molecule has 0 saturated carbocycles. The van der Waals surface area contributed by atoms with Crippen LogP contribution < -0.4 is 10.1 Å². The van der Waals surface area contributed by atoms with Gasteiger partial charge >= 0.3 is 0 Å². The van der Waals surface area contributed by atoms with Crippen molar-refractivity contribution in [3.63, 3.8) is 0 Å². The predicted octanol–water partition coefficient (Wildman–Crippen LogP) is 0.460. The number of ether oxygens (including phenoxy) is 1. The maximum Gasteiger partial charge on any atom is 0.210 e. The lowest BCUT2D eigenvalue weighted by molar-refractivity contribution is 0.397. The number of nitrogens with zero attached hydrogens (tertiary/aromatic N) is 1. The van der Waals surface area contributed by atoms with Crippen molar-refractivity contribution in [1.82, 2.24) is 10.2 Å². The molecular formula is C5H9N3O. The summed E-state index contributed by atoms with van der Waals surface area (Å²) >= 11 is 0. The molecule has 0 fully saturated rings. The van der Waals surface area contributed by atoms with Crippen LogP contribution in [0.1, 0.15) is 0 Å². The average molecular weight is 127 g/mol. The molecule has 1 rings (SSSR count). The van der Waals surface area contributed by atoms with Crippen molar-refractivity contribution in [3.8, 4) is 5.88 Å². The van der Waals surface area contributed by atoms with E-state index in [-0.39, 0.29) is 0 Å². The van der Waals surface area contributed by atoms with Crippen LogP contribution in [0.3, 0.4) is 0 Å². The summed E-state index contributed by atoms with van der Waals surface area (Å²) in [5.41, 5.74) is 0. The van der Waals surface area contributed by atoms with E-state index in [1.165, 1.54) is 0 Å². The van der Waals surface area contributed by atoms with Gasteiger partial charge in [-0.05, 0) is 0 Å². The molecule has 50 valence electrons. The summed E-state index contributed by atoms with van der Waals surface area (Å²) < 4.78 is 4.84. The molecule has 1 aromatic heterocycles. The second kappa shape index (κ2) is 2.39. The summed E-state index contributed by atoms with van der Waals surface area (Å²) in [6.07, 6.45) is 0. The second-order valence-electron chi connectivity index (χ2n) is 1.57. The fourth-order valence-corrected chi connectivity index (χ4v) is 0.537. The average Bonchev–Trinajstić information content (AvgIpc) is 2.34. The van der Waals surface area contributed by atoms with Gasteiger partial charge in [-0.2, -0.15) is 5.10 Å². The van der Waals surface area contributed by atoms with Crippen molar-refractivity contribution >= 4 is 5.82 Å². The summed E-state index contributed by atoms with van der Waals surface area (Å²) in [4.78, 5) is 0. The van der Waals surface area contributed by atoms with E-state index in [0.717, 1.165) is 5.82 Å². The maximum atomic E-state index is 4.84. The first-order valence-corrected chi connectivity index (χ1v) is 2.64. The number of aromatic amines is 1. The van der Waals surface area contributed by atoms with Gasteiger partial charge in [-0.15, -0.1) is 0 Å². The molecule has 0 saturated heterocycles. The van der Waals surface area contributed by atoms with Crippen molar-refractivity contribution < 1.29 is 4.74 Å². The summed E-state index contributed by atoms with van der Waals surface area (Å²) in [5.74, 6) is 1.45. The lowest BCUT2D eigenvalue weighted by Gasteiger charge is -1.87. The zero-order valence-corrected chi connectivity index (χ0v) is 5.43. The highest BCUT2D eigenvalue weighted by molar-refractivity contribution is 5.36. The molecule has 0 radical (unpaired) electrons. The zero-order valence-electron chi connectivity index (χ0n) is 5.43. The normalized spacial score (nSPS) is 9.11. The molecule has 0 aromatic carbocycles. The Morgan fingerprint density at radius 1 is 1.78 bits per heavy atom. The van der Waals surface area contributed by atoms with Crippen molar-refractivity contribution in [1.29, 1.82) is 0 Å². The summed E-state index contributed by atoms with van der Waals surface area (Å²) in [5, 5.41) is 9.38. The van der Waals surface area contributed by atoms with Gasteiger partial charge in [0.15, 0.2) is 5.82 Å². The van der Waals surface area contributed by atoms with Crippen LogP contribution in [-0.2, 0) is 0 Å². The van der Waals surface area contributed by atoms with Crippen LogP contribution in [0.5, 0.6) is 5.88 Å². The largest absolute Gasteiger partial charge is 0.481 e. The molecule has 0 amide bonds. The van der Waals surface area contributed by atoms with E-state index in [1.807, 2.05) is 0 Å². The van der Waals surface area contributed by atoms with Crippen LogP contribution in [0.15, 0.2) is 6.07 Å². The summed E-state index contributed by atoms with van der Waals surface area (Å²) in [6.45, 7) is 0. The highest BCUT2D eigenvalue weighted by Crippen LogP contribution is 2.09. The smallest absolute Gasteiger partial charge is 0.210 e. The first-order valence-electron chi connectivity index (χ1n) is 2.64. The minimum Gasteiger partial charge on any atom is -0.481 e. The number of hydrogen-bond acceptors (Lipinski definition) is 3. The first kappa shape index (κ1) is 5.94. The molecule has 0 spiro atoms.